The summed E-state index contributed by atoms with van der Waals surface area (Å²) in [6.45, 7) is 1.91. The maximum absolute atomic E-state index is 4.18. The zero-order valence-electron chi connectivity index (χ0n) is 8.00. The Balaban J connectivity index is 4.33. The molecule has 0 aliphatic rings. The first-order valence-corrected chi connectivity index (χ1v) is 3.62. The molecule has 0 aromatic carbocycles. The molecule has 3 heteroatoms. The van der Waals surface area contributed by atoms with E-state index in [4.69, 9.17) is 0 Å². The third-order valence-corrected chi connectivity index (χ3v) is 1.09. The summed E-state index contributed by atoms with van der Waals surface area (Å²) in [6, 6.07) is 0. The van der Waals surface area contributed by atoms with Gasteiger partial charge in [-0.3, -0.25) is 0 Å². The van der Waals surface area contributed by atoms with E-state index in [1.807, 2.05) is 51.1 Å². The maximum atomic E-state index is 4.18. The van der Waals surface area contributed by atoms with Crippen LogP contribution in [0.1, 0.15) is 6.92 Å². The Labute approximate surface area is 69.0 Å². The molecule has 0 aromatic rings. The van der Waals surface area contributed by atoms with Crippen LogP contribution in [0, 0.1) is 0 Å². The van der Waals surface area contributed by atoms with Crippen LogP contribution in [-0.2, 0) is 0 Å². The molecule has 0 rings (SSSR count). The molecule has 0 aliphatic carbocycles. The molecule has 3 nitrogen and oxygen atoms in total. The van der Waals surface area contributed by atoms with Gasteiger partial charge in [-0.1, -0.05) is 0 Å². The van der Waals surface area contributed by atoms with Gasteiger partial charge >= 0.3 is 0 Å². The van der Waals surface area contributed by atoms with Crippen molar-refractivity contribution < 1.29 is 0 Å². The molecule has 0 aliphatic heterocycles. The first kappa shape index (κ1) is 10.0. The second-order valence-electron chi connectivity index (χ2n) is 2.73. The smallest absolute Gasteiger partial charge is 0.143 e. The summed E-state index contributed by atoms with van der Waals surface area (Å²) >= 11 is 0. The average molecular weight is 155 g/mol. The molecule has 0 radical (unpaired) electrons. The van der Waals surface area contributed by atoms with Crippen molar-refractivity contribution in [3.63, 3.8) is 0 Å². The number of rotatable bonds is 3. The Morgan fingerprint density at radius 1 is 1.18 bits per heavy atom. The zero-order valence-corrected chi connectivity index (χ0v) is 8.00. The number of hydrogen-bond acceptors (Lipinski definition) is 3. The van der Waals surface area contributed by atoms with Crippen LogP contribution in [0.15, 0.2) is 17.0 Å². The van der Waals surface area contributed by atoms with Crippen molar-refractivity contribution in [3.05, 3.63) is 12.0 Å². The fourth-order valence-electron chi connectivity index (χ4n) is 0.627. The second kappa shape index (κ2) is 4.77. The van der Waals surface area contributed by atoms with Crippen LogP contribution in [0.5, 0.6) is 0 Å². The summed E-state index contributed by atoms with van der Waals surface area (Å²) in [7, 11) is 7.91. The summed E-state index contributed by atoms with van der Waals surface area (Å²) in [5.74, 6) is 0.956. The van der Waals surface area contributed by atoms with E-state index in [2.05, 4.69) is 4.99 Å². The van der Waals surface area contributed by atoms with E-state index in [9.17, 15) is 0 Å². The maximum Gasteiger partial charge on any atom is 0.143 e. The van der Waals surface area contributed by atoms with Gasteiger partial charge in [-0.05, 0) is 6.92 Å². The van der Waals surface area contributed by atoms with Gasteiger partial charge in [-0.2, -0.15) is 0 Å². The molecule has 0 amide bonds. The number of nitrogens with zero attached hydrogens (tertiary/aromatic N) is 3. The molecular weight excluding hydrogens is 138 g/mol. The minimum atomic E-state index is 0.956. The molecule has 0 fully saturated rings. The Morgan fingerprint density at radius 3 is 2.00 bits per heavy atom. The highest BCUT2D eigenvalue weighted by atomic mass is 15.2. The van der Waals surface area contributed by atoms with Gasteiger partial charge in [0.2, 0.25) is 0 Å². The highest BCUT2D eigenvalue weighted by Crippen LogP contribution is 1.99. The minimum Gasteiger partial charge on any atom is -0.381 e. The molecule has 0 aromatic heterocycles. The van der Waals surface area contributed by atoms with Gasteiger partial charge in [0.1, 0.15) is 5.82 Å². The summed E-state index contributed by atoms with van der Waals surface area (Å²) in [5.41, 5.74) is 0. The molecule has 0 bridgehead atoms. The van der Waals surface area contributed by atoms with Gasteiger partial charge in [0.15, 0.2) is 0 Å². The third kappa shape index (κ3) is 4.42. The van der Waals surface area contributed by atoms with Gasteiger partial charge in [-0.15, -0.1) is 0 Å². The monoisotopic (exact) mass is 155 g/mol. The van der Waals surface area contributed by atoms with Crippen LogP contribution in [0.3, 0.4) is 0 Å². The van der Waals surface area contributed by atoms with Crippen molar-refractivity contribution in [1.29, 1.82) is 0 Å². The quantitative estimate of drug-likeness (QED) is 0.566. The van der Waals surface area contributed by atoms with Gasteiger partial charge in [0.05, 0.1) is 0 Å². The zero-order chi connectivity index (χ0) is 8.85. The number of aliphatic imine (C=N–C) groups is 1. The van der Waals surface area contributed by atoms with Gasteiger partial charge in [0, 0.05) is 40.6 Å². The van der Waals surface area contributed by atoms with Crippen molar-refractivity contribution in [2.45, 2.75) is 6.92 Å². The third-order valence-electron chi connectivity index (χ3n) is 1.09. The highest BCUT2D eigenvalue weighted by molar-refractivity contribution is 5.55. The van der Waals surface area contributed by atoms with Crippen LogP contribution < -0.4 is 0 Å². The molecule has 0 spiro atoms. The first-order valence-electron chi connectivity index (χ1n) is 3.62. The molecule has 11 heavy (non-hydrogen) atoms. The fraction of sp³-hybridized carbons (Fsp3) is 0.625. The van der Waals surface area contributed by atoms with E-state index < -0.39 is 0 Å². The lowest BCUT2D eigenvalue weighted by molar-refractivity contribution is 0.469. The van der Waals surface area contributed by atoms with E-state index in [0.717, 1.165) is 5.82 Å². The lowest BCUT2D eigenvalue weighted by Crippen LogP contribution is -2.13. The molecule has 0 saturated carbocycles. The predicted molar refractivity (Wildman–Crippen MR) is 49.6 cm³/mol. The van der Waals surface area contributed by atoms with Crippen LogP contribution >= 0.6 is 0 Å². The molecular formula is C8H17N3. The normalized spacial score (nSPS) is 12.3. The summed E-state index contributed by atoms with van der Waals surface area (Å²) in [5, 5.41) is 0. The van der Waals surface area contributed by atoms with Crippen molar-refractivity contribution >= 4 is 6.21 Å². The lowest BCUT2D eigenvalue weighted by atomic mass is 10.6. The minimum absolute atomic E-state index is 0.956. The lowest BCUT2D eigenvalue weighted by Gasteiger charge is -2.15. The molecule has 0 atom stereocenters. The van der Waals surface area contributed by atoms with Gasteiger partial charge in [0.25, 0.3) is 0 Å². The van der Waals surface area contributed by atoms with Gasteiger partial charge in [-0.25, -0.2) is 4.99 Å². The van der Waals surface area contributed by atoms with E-state index in [1.54, 1.807) is 6.21 Å². The second-order valence-corrected chi connectivity index (χ2v) is 2.73. The standard InChI is InChI=1S/C8H17N3/c1-6-9-8(11(4)5)7-10(2)3/h6-7H,1-5H3/b8-7+,9-6?. The Kier molecular flexibility index (Phi) is 4.34. The van der Waals surface area contributed by atoms with Crippen molar-refractivity contribution in [1.82, 2.24) is 9.80 Å². The topological polar surface area (TPSA) is 18.8 Å². The van der Waals surface area contributed by atoms with E-state index in [-0.39, 0.29) is 0 Å². The number of hydrogen-bond donors (Lipinski definition) is 0. The van der Waals surface area contributed by atoms with Crippen LogP contribution in [-0.4, -0.2) is 44.2 Å². The van der Waals surface area contributed by atoms with E-state index >= 15 is 0 Å². The summed E-state index contributed by atoms with van der Waals surface area (Å²) < 4.78 is 0. The Hall–Kier alpha value is -0.990. The molecule has 0 saturated heterocycles. The molecule has 0 N–H and O–H groups in total. The predicted octanol–water partition coefficient (Wildman–Crippen LogP) is 0.999. The Morgan fingerprint density at radius 2 is 1.73 bits per heavy atom. The fourth-order valence-corrected chi connectivity index (χ4v) is 0.627. The van der Waals surface area contributed by atoms with Crippen LogP contribution in [0.25, 0.3) is 0 Å². The van der Waals surface area contributed by atoms with E-state index in [0.29, 0.717) is 0 Å². The highest BCUT2D eigenvalue weighted by Gasteiger charge is 1.94. The van der Waals surface area contributed by atoms with Crippen LogP contribution in [0.4, 0.5) is 0 Å². The van der Waals surface area contributed by atoms with Crippen molar-refractivity contribution in [3.8, 4) is 0 Å². The molecule has 64 valence electrons. The van der Waals surface area contributed by atoms with Gasteiger partial charge < -0.3 is 9.80 Å². The first-order chi connectivity index (χ1) is 5.07. The van der Waals surface area contributed by atoms with Crippen LogP contribution in [0.2, 0.25) is 0 Å². The summed E-state index contributed by atoms with van der Waals surface area (Å²) in [6.07, 6.45) is 3.76. The SMILES string of the molecule is CC=N/C(=C\N(C)C)N(C)C. The molecule has 0 heterocycles. The van der Waals surface area contributed by atoms with E-state index in [1.165, 1.54) is 0 Å². The van der Waals surface area contributed by atoms with Crippen molar-refractivity contribution in [2.75, 3.05) is 28.2 Å². The molecule has 0 unspecified atom stereocenters. The van der Waals surface area contributed by atoms with Crippen molar-refractivity contribution in [2.24, 2.45) is 4.99 Å². The largest absolute Gasteiger partial charge is 0.381 e. The average Bonchev–Trinajstić information content (AvgIpc) is 1.86. The summed E-state index contributed by atoms with van der Waals surface area (Å²) in [4.78, 5) is 8.13. The Bertz CT molecular complexity index is 157.